The average Bonchev–Trinajstić information content (AvgIpc) is 3.02. The Bertz CT molecular complexity index is 645. The molecule has 24 heavy (non-hydrogen) atoms. The van der Waals surface area contributed by atoms with Crippen molar-refractivity contribution in [1.82, 2.24) is 5.43 Å². The van der Waals surface area contributed by atoms with Crippen molar-refractivity contribution < 1.29 is 9.59 Å². The number of amides is 2. The monoisotopic (exact) mass is 327 g/mol. The van der Waals surface area contributed by atoms with Crippen molar-refractivity contribution in [3.05, 3.63) is 41.5 Å². The summed E-state index contributed by atoms with van der Waals surface area (Å²) < 4.78 is 0. The highest BCUT2D eigenvalue weighted by atomic mass is 16.2. The number of nitrogens with zero attached hydrogens (tertiary/aromatic N) is 1. The number of unbranched alkanes of at least 4 members (excludes halogenated alkanes) is 2. The zero-order valence-electron chi connectivity index (χ0n) is 14.4. The number of hydrogen-bond acceptors (Lipinski definition) is 3. The lowest BCUT2D eigenvalue weighted by molar-refractivity contribution is -0.136. The molecule has 1 aliphatic carbocycles. The van der Waals surface area contributed by atoms with Gasteiger partial charge >= 0.3 is 11.8 Å². The van der Waals surface area contributed by atoms with Crippen molar-refractivity contribution in [3.63, 3.8) is 0 Å². The summed E-state index contributed by atoms with van der Waals surface area (Å²) in [4.78, 5) is 23.8. The Labute approximate surface area is 143 Å². The van der Waals surface area contributed by atoms with E-state index in [4.69, 9.17) is 0 Å². The number of aryl methyl sites for hydroxylation is 1. The summed E-state index contributed by atoms with van der Waals surface area (Å²) in [5.74, 6) is -1.46. The smallest absolute Gasteiger partial charge is 0.318 e. The maximum Gasteiger partial charge on any atom is 0.329 e. The molecular formula is C19H25N3O2. The molecule has 0 aliphatic heterocycles. The zero-order chi connectivity index (χ0) is 17.4. The summed E-state index contributed by atoms with van der Waals surface area (Å²) in [6, 6.07) is 7.27. The van der Waals surface area contributed by atoms with Crippen LogP contribution in [0.2, 0.25) is 0 Å². The Kier molecular flexibility index (Phi) is 6.73. The van der Waals surface area contributed by atoms with Crippen molar-refractivity contribution in [2.45, 2.75) is 52.4 Å². The van der Waals surface area contributed by atoms with E-state index in [2.05, 4.69) is 28.8 Å². The number of anilines is 1. The number of hydrazone groups is 1. The third-order valence-electron chi connectivity index (χ3n) is 4.00. The minimum Gasteiger partial charge on any atom is -0.318 e. The molecule has 128 valence electrons. The van der Waals surface area contributed by atoms with E-state index in [1.54, 1.807) is 12.1 Å². The van der Waals surface area contributed by atoms with Crippen molar-refractivity contribution in [2.75, 3.05) is 5.32 Å². The van der Waals surface area contributed by atoms with Gasteiger partial charge in [0, 0.05) is 5.69 Å². The second-order valence-electron chi connectivity index (χ2n) is 6.04. The van der Waals surface area contributed by atoms with E-state index >= 15 is 0 Å². The quantitative estimate of drug-likeness (QED) is 0.475. The van der Waals surface area contributed by atoms with Crippen LogP contribution in [0.15, 0.2) is 41.0 Å². The molecule has 1 aliphatic rings. The van der Waals surface area contributed by atoms with Crippen LogP contribution in [-0.2, 0) is 9.59 Å². The first-order chi connectivity index (χ1) is 11.6. The molecule has 0 radical (unpaired) electrons. The normalized spacial score (nSPS) is 15.2. The van der Waals surface area contributed by atoms with Gasteiger partial charge in [-0.2, -0.15) is 5.10 Å². The second kappa shape index (κ2) is 9.01. The maximum atomic E-state index is 11.9. The number of carbonyl (C=O) groups excluding carboxylic acids is 2. The van der Waals surface area contributed by atoms with E-state index in [9.17, 15) is 9.59 Å². The first-order valence-electron chi connectivity index (χ1n) is 8.54. The second-order valence-corrected chi connectivity index (χ2v) is 6.04. The fraction of sp³-hybridized carbons (Fsp3) is 0.421. The van der Waals surface area contributed by atoms with E-state index in [0.29, 0.717) is 5.69 Å². The summed E-state index contributed by atoms with van der Waals surface area (Å²) >= 11 is 0. The number of nitrogens with one attached hydrogen (secondary N) is 2. The topological polar surface area (TPSA) is 70.6 Å². The molecule has 0 fully saturated rings. The van der Waals surface area contributed by atoms with Crippen LogP contribution in [0.4, 0.5) is 5.69 Å². The molecule has 0 saturated heterocycles. The molecule has 0 saturated carbocycles. The van der Waals surface area contributed by atoms with Gasteiger partial charge in [0.25, 0.3) is 0 Å². The summed E-state index contributed by atoms with van der Waals surface area (Å²) in [5.41, 5.74) is 6.14. The average molecular weight is 327 g/mol. The third-order valence-corrected chi connectivity index (χ3v) is 4.00. The van der Waals surface area contributed by atoms with Gasteiger partial charge in [-0.25, -0.2) is 5.43 Å². The van der Waals surface area contributed by atoms with Crippen LogP contribution in [0.1, 0.15) is 51.0 Å². The molecule has 2 N–H and O–H groups in total. The summed E-state index contributed by atoms with van der Waals surface area (Å²) in [5, 5.41) is 6.71. The highest BCUT2D eigenvalue weighted by Crippen LogP contribution is 2.21. The lowest BCUT2D eigenvalue weighted by Crippen LogP contribution is -2.33. The molecule has 2 rings (SSSR count). The Morgan fingerprint density at radius 1 is 1.12 bits per heavy atom. The highest BCUT2D eigenvalue weighted by Gasteiger charge is 2.16. The highest BCUT2D eigenvalue weighted by molar-refractivity contribution is 6.39. The van der Waals surface area contributed by atoms with Crippen molar-refractivity contribution in [1.29, 1.82) is 0 Å². The molecule has 0 spiro atoms. The molecular weight excluding hydrogens is 302 g/mol. The summed E-state index contributed by atoms with van der Waals surface area (Å²) in [7, 11) is 0. The molecule has 5 nitrogen and oxygen atoms in total. The summed E-state index contributed by atoms with van der Waals surface area (Å²) in [6.07, 6.45) is 8.42. The van der Waals surface area contributed by atoms with Crippen LogP contribution in [0.3, 0.4) is 0 Å². The van der Waals surface area contributed by atoms with Crippen LogP contribution in [0, 0.1) is 6.92 Å². The Hall–Kier alpha value is -2.43. The maximum absolute atomic E-state index is 11.9. The van der Waals surface area contributed by atoms with Crippen molar-refractivity contribution in [2.24, 2.45) is 5.10 Å². The van der Waals surface area contributed by atoms with Gasteiger partial charge in [-0.1, -0.05) is 43.5 Å². The Balaban J connectivity index is 1.86. The van der Waals surface area contributed by atoms with Gasteiger partial charge in [0.05, 0.1) is 5.71 Å². The van der Waals surface area contributed by atoms with Crippen LogP contribution >= 0.6 is 0 Å². The number of rotatable bonds is 6. The van der Waals surface area contributed by atoms with E-state index in [-0.39, 0.29) is 0 Å². The Morgan fingerprint density at radius 2 is 1.88 bits per heavy atom. The molecule has 5 heteroatoms. The van der Waals surface area contributed by atoms with Gasteiger partial charge < -0.3 is 5.32 Å². The first-order valence-corrected chi connectivity index (χ1v) is 8.54. The van der Waals surface area contributed by atoms with Gasteiger partial charge in [0.15, 0.2) is 0 Å². The van der Waals surface area contributed by atoms with Crippen LogP contribution in [0.5, 0.6) is 0 Å². The van der Waals surface area contributed by atoms with Crippen LogP contribution in [-0.4, -0.2) is 17.5 Å². The lowest BCUT2D eigenvalue weighted by atomic mass is 10.1. The number of carbonyl (C=O) groups is 2. The molecule has 0 heterocycles. The first kappa shape index (κ1) is 17.9. The van der Waals surface area contributed by atoms with Gasteiger partial charge in [0.1, 0.15) is 0 Å². The predicted octanol–water partition coefficient (Wildman–Crippen LogP) is 3.71. The minimum atomic E-state index is -0.747. The van der Waals surface area contributed by atoms with E-state index in [0.717, 1.165) is 37.0 Å². The molecule has 0 bridgehead atoms. The summed E-state index contributed by atoms with van der Waals surface area (Å²) in [6.45, 7) is 4.13. The van der Waals surface area contributed by atoms with Gasteiger partial charge in [-0.15, -0.1) is 0 Å². The van der Waals surface area contributed by atoms with E-state index in [1.807, 2.05) is 19.1 Å². The van der Waals surface area contributed by atoms with Gasteiger partial charge in [0.2, 0.25) is 0 Å². The minimum absolute atomic E-state index is 0.592. The molecule has 2 amide bonds. The van der Waals surface area contributed by atoms with Crippen LogP contribution in [0.25, 0.3) is 0 Å². The van der Waals surface area contributed by atoms with Crippen molar-refractivity contribution >= 4 is 23.2 Å². The lowest BCUT2D eigenvalue weighted by Gasteiger charge is -2.06. The predicted molar refractivity (Wildman–Crippen MR) is 96.8 cm³/mol. The number of allylic oxidation sites excluding steroid dienone is 2. The molecule has 0 atom stereocenters. The molecule has 0 aromatic heterocycles. The third kappa shape index (κ3) is 5.33. The zero-order valence-corrected chi connectivity index (χ0v) is 14.4. The van der Waals surface area contributed by atoms with E-state index < -0.39 is 11.8 Å². The number of benzene rings is 1. The van der Waals surface area contributed by atoms with Crippen LogP contribution < -0.4 is 10.7 Å². The fourth-order valence-electron chi connectivity index (χ4n) is 2.59. The number of hydrogen-bond donors (Lipinski definition) is 2. The molecule has 0 unspecified atom stereocenters. The van der Waals surface area contributed by atoms with Gasteiger partial charge in [-0.3, -0.25) is 9.59 Å². The molecule has 1 aromatic rings. The molecule has 1 aromatic carbocycles. The largest absolute Gasteiger partial charge is 0.329 e. The standard InChI is InChI=1S/C19H25N3O2/c1-3-4-5-7-15-8-6-9-17(15)21-22-19(24)18(23)20-16-12-10-14(2)11-13-16/h8,10-13H,3-7,9H2,1-2H3,(H,20,23)(H,22,24)/b21-17-. The fourth-order valence-corrected chi connectivity index (χ4v) is 2.59. The van der Waals surface area contributed by atoms with E-state index in [1.165, 1.54) is 18.4 Å². The SMILES string of the molecule is CCCCCC1=CCC/C1=N/NC(=O)C(=O)Nc1ccc(C)cc1. The van der Waals surface area contributed by atoms with Gasteiger partial charge in [-0.05, 0) is 50.3 Å². The Morgan fingerprint density at radius 3 is 2.58 bits per heavy atom. The van der Waals surface area contributed by atoms with Crippen molar-refractivity contribution in [3.8, 4) is 0 Å².